The van der Waals surface area contributed by atoms with Crippen molar-refractivity contribution in [3.05, 3.63) is 42.8 Å². The summed E-state index contributed by atoms with van der Waals surface area (Å²) in [5.41, 5.74) is 0.357. The summed E-state index contributed by atoms with van der Waals surface area (Å²) in [7, 11) is -3.54. The van der Waals surface area contributed by atoms with E-state index < -0.39 is 15.9 Å². The van der Waals surface area contributed by atoms with Crippen molar-refractivity contribution >= 4 is 44.0 Å². The van der Waals surface area contributed by atoms with Crippen LogP contribution in [-0.2, 0) is 14.8 Å². The van der Waals surface area contributed by atoms with Crippen LogP contribution in [0.25, 0.3) is 0 Å². The first kappa shape index (κ1) is 15.4. The molecule has 9 heteroatoms. The molecule has 1 unspecified atom stereocenters. The minimum Gasteiger partial charge on any atom is -0.298 e. The second-order valence-corrected chi connectivity index (χ2v) is 5.83. The van der Waals surface area contributed by atoms with Gasteiger partial charge in [-0.05, 0) is 30.4 Å². The highest BCUT2D eigenvalue weighted by Crippen LogP contribution is 2.05. The molecule has 1 aromatic heterocycles. The smallest absolute Gasteiger partial charge is 0.261 e. The average molecular weight is 327 g/mol. The lowest BCUT2D eigenvalue weighted by molar-refractivity contribution is -0.115. The van der Waals surface area contributed by atoms with E-state index in [0.29, 0.717) is 5.71 Å². The number of carbonyl (C=O) groups is 1. The van der Waals surface area contributed by atoms with Crippen LogP contribution < -0.4 is 4.72 Å². The highest BCUT2D eigenvalue weighted by atomic mass is 35.5. The van der Waals surface area contributed by atoms with E-state index in [4.69, 9.17) is 11.6 Å². The maximum atomic E-state index is 12.2. The molecule has 7 nitrogen and oxygen atoms in total. The number of hydrogen-bond acceptors (Lipinski definition) is 4. The molecule has 1 heterocycles. The van der Waals surface area contributed by atoms with E-state index in [1.807, 2.05) is 0 Å². The topological polar surface area (TPSA) is 105 Å². The van der Waals surface area contributed by atoms with Crippen LogP contribution in [0, 0.1) is 0 Å². The normalized spacial score (nSPS) is 16.5. The van der Waals surface area contributed by atoms with E-state index >= 15 is 0 Å². The molecule has 0 fully saturated rings. The number of hydrogen-bond donors (Lipinski definition) is 2. The van der Waals surface area contributed by atoms with Crippen LogP contribution in [0.15, 0.2) is 47.8 Å². The average Bonchev–Trinajstić information content (AvgIpc) is 2.48. The summed E-state index contributed by atoms with van der Waals surface area (Å²) in [5.74, 6) is -0.660. The Hall–Kier alpha value is -2.03. The number of nitrogens with one attached hydrogen (secondary N) is 1. The molecule has 1 amide bonds. The summed E-state index contributed by atoms with van der Waals surface area (Å²) in [6.45, 7) is 0. The first-order valence-electron chi connectivity index (χ1n) is 5.73. The number of rotatable bonds is 3. The lowest BCUT2D eigenvalue weighted by Gasteiger charge is -2.10. The van der Waals surface area contributed by atoms with Crippen LogP contribution in [-0.4, -0.2) is 41.1 Å². The van der Waals surface area contributed by atoms with Crippen molar-refractivity contribution in [3.63, 3.8) is 0 Å². The predicted molar refractivity (Wildman–Crippen MR) is 82.9 cm³/mol. The number of alkyl halides is 1. The molecule has 0 radical (unpaired) electrons. The molecule has 2 N–H and O–H groups in total. The molecule has 0 aromatic carbocycles. The minimum atomic E-state index is -3.54. The summed E-state index contributed by atoms with van der Waals surface area (Å²) in [4.78, 5) is 22.5. The van der Waals surface area contributed by atoms with Crippen molar-refractivity contribution in [1.29, 1.82) is 0 Å². The zero-order chi connectivity index (χ0) is 15.3. The number of nitrogens with zero attached hydrogens (tertiary/aromatic N) is 3. The van der Waals surface area contributed by atoms with Crippen LogP contribution in [0.3, 0.4) is 0 Å². The third-order valence-electron chi connectivity index (χ3n) is 2.32. The predicted octanol–water partition coefficient (Wildman–Crippen LogP) is 1.07. The molecule has 0 saturated heterocycles. The highest BCUT2D eigenvalue weighted by Gasteiger charge is 2.12. The van der Waals surface area contributed by atoms with Crippen molar-refractivity contribution in [2.75, 3.05) is 10.6 Å². The highest BCUT2D eigenvalue weighted by molar-refractivity contribution is 7.99. The quantitative estimate of drug-likeness (QED) is 0.638. The lowest BCUT2D eigenvalue weighted by Crippen LogP contribution is -2.22. The first-order valence-corrected chi connectivity index (χ1v) is 7.78. The Labute approximate surface area is 126 Å². The van der Waals surface area contributed by atoms with E-state index in [0.717, 1.165) is 0 Å². The Morgan fingerprint density at radius 3 is 2.48 bits per heavy atom. The van der Waals surface area contributed by atoms with Gasteiger partial charge in [0.15, 0.2) is 9.99 Å². The molecule has 110 valence electrons. The van der Waals surface area contributed by atoms with Gasteiger partial charge in [0.2, 0.25) is 5.95 Å². The molecule has 0 spiro atoms. The number of aromatic nitrogens is 2. The van der Waals surface area contributed by atoms with Crippen LogP contribution in [0.1, 0.15) is 0 Å². The number of amides is 1. The van der Waals surface area contributed by atoms with Crippen LogP contribution >= 0.6 is 11.6 Å². The third-order valence-corrected chi connectivity index (χ3v) is 3.92. The van der Waals surface area contributed by atoms with Gasteiger partial charge < -0.3 is 0 Å². The fraction of sp³-hybridized carbons (Fsp3) is 0.0833. The fourth-order valence-electron chi connectivity index (χ4n) is 1.41. The molecule has 1 aliphatic rings. The SMILES string of the molecule is O=C(CCl)N=C1C=CC(=S(=O)(O)Nc2ncccn2)C=C1. The fourth-order valence-corrected chi connectivity index (χ4v) is 2.45. The first-order chi connectivity index (χ1) is 10.0. The molecule has 0 saturated carbocycles. The molecule has 0 bridgehead atoms. The van der Waals surface area contributed by atoms with Gasteiger partial charge >= 0.3 is 0 Å². The molecule has 21 heavy (non-hydrogen) atoms. The largest absolute Gasteiger partial charge is 0.298 e. The monoisotopic (exact) mass is 326 g/mol. The number of halogens is 1. The van der Waals surface area contributed by atoms with Crippen molar-refractivity contribution < 1.29 is 13.6 Å². The van der Waals surface area contributed by atoms with Gasteiger partial charge in [0.1, 0.15) is 5.88 Å². The lowest BCUT2D eigenvalue weighted by atomic mass is 10.2. The minimum absolute atomic E-state index is 0.0380. The summed E-state index contributed by atoms with van der Waals surface area (Å²) in [5, 5.41) is 0. The van der Waals surface area contributed by atoms with Crippen molar-refractivity contribution in [2.24, 2.45) is 4.99 Å². The molecular formula is C12H11ClN4O3S. The molecule has 1 aromatic rings. The number of allylic oxidation sites excluding steroid dienone is 4. The molecule has 2 rings (SSSR count). The zero-order valence-electron chi connectivity index (χ0n) is 10.6. The van der Waals surface area contributed by atoms with E-state index in [2.05, 4.69) is 19.7 Å². The Morgan fingerprint density at radius 2 is 1.90 bits per heavy atom. The van der Waals surface area contributed by atoms with Gasteiger partial charge in [-0.2, -0.15) is 0 Å². The Kier molecular flexibility index (Phi) is 4.84. The van der Waals surface area contributed by atoms with E-state index in [1.54, 1.807) is 6.07 Å². The Balaban J connectivity index is 2.24. The van der Waals surface area contributed by atoms with Crippen molar-refractivity contribution in [3.8, 4) is 0 Å². The summed E-state index contributed by atoms with van der Waals surface area (Å²) < 4.78 is 24.5. The van der Waals surface area contributed by atoms with Gasteiger partial charge in [-0.25, -0.2) is 19.2 Å². The summed E-state index contributed by atoms with van der Waals surface area (Å²) in [6, 6.07) is 1.59. The van der Waals surface area contributed by atoms with Crippen LogP contribution in [0.5, 0.6) is 0 Å². The number of aliphatic imine (C=N–C) groups is 1. The van der Waals surface area contributed by atoms with Gasteiger partial charge in [0.25, 0.3) is 5.91 Å². The second-order valence-electron chi connectivity index (χ2n) is 3.83. The van der Waals surface area contributed by atoms with E-state index in [1.165, 1.54) is 36.7 Å². The summed E-state index contributed by atoms with van der Waals surface area (Å²) >= 11 is 5.34. The number of carbonyl (C=O) groups excluding carboxylic acids is 1. The third kappa shape index (κ3) is 4.22. The van der Waals surface area contributed by atoms with Gasteiger partial charge in [0.05, 0.1) is 10.6 Å². The molecule has 0 aliphatic heterocycles. The van der Waals surface area contributed by atoms with Crippen LogP contribution in [0.2, 0.25) is 0 Å². The zero-order valence-corrected chi connectivity index (χ0v) is 12.2. The van der Waals surface area contributed by atoms with Crippen LogP contribution in [0.4, 0.5) is 5.95 Å². The van der Waals surface area contributed by atoms with E-state index in [9.17, 15) is 13.6 Å². The Bertz CT molecular complexity index is 731. The number of anilines is 1. The molecule has 1 aliphatic carbocycles. The standard InChI is InChI=1S/C12H11ClN4O3S/c13-8-11(18)16-9-2-4-10(5-3-9)21(19,20)17-12-14-6-1-7-15-12/h1-7H,8H2,(H2,14,15,17,19,20). The Morgan fingerprint density at radius 1 is 1.29 bits per heavy atom. The molecular weight excluding hydrogens is 316 g/mol. The maximum absolute atomic E-state index is 12.2. The molecule has 1 atom stereocenters. The van der Waals surface area contributed by atoms with Gasteiger partial charge in [0, 0.05) is 12.4 Å². The van der Waals surface area contributed by atoms with Gasteiger partial charge in [-0.1, -0.05) is 0 Å². The van der Waals surface area contributed by atoms with Gasteiger partial charge in [-0.15, -0.1) is 11.6 Å². The van der Waals surface area contributed by atoms with Crippen molar-refractivity contribution in [1.82, 2.24) is 9.97 Å². The van der Waals surface area contributed by atoms with Gasteiger partial charge in [-0.3, -0.25) is 14.1 Å². The second kappa shape index (κ2) is 6.61. The van der Waals surface area contributed by atoms with Crippen molar-refractivity contribution in [2.45, 2.75) is 0 Å². The maximum Gasteiger partial charge on any atom is 0.261 e. The summed E-state index contributed by atoms with van der Waals surface area (Å²) in [6.07, 6.45) is 8.57. The van der Waals surface area contributed by atoms with E-state index in [-0.39, 0.29) is 16.7 Å².